The number of hydrogen-bond donors (Lipinski definition) is 1. The van der Waals surface area contributed by atoms with Crippen molar-refractivity contribution >= 4 is 0 Å². The van der Waals surface area contributed by atoms with Gasteiger partial charge in [-0.05, 0) is 43.9 Å². The van der Waals surface area contributed by atoms with Crippen LogP contribution in [0.15, 0.2) is 24.4 Å². The molecule has 0 amide bonds. The van der Waals surface area contributed by atoms with Crippen molar-refractivity contribution in [2.45, 2.75) is 45.1 Å². The second-order valence-electron chi connectivity index (χ2n) is 4.78. The summed E-state index contributed by atoms with van der Waals surface area (Å²) in [5, 5.41) is 3.61. The number of aromatic nitrogens is 1. The van der Waals surface area contributed by atoms with Crippen LogP contribution in [0.25, 0.3) is 0 Å². The third-order valence-corrected chi connectivity index (χ3v) is 3.25. The Balaban J connectivity index is 1.89. The van der Waals surface area contributed by atoms with Crippen LogP contribution >= 0.6 is 0 Å². The summed E-state index contributed by atoms with van der Waals surface area (Å²) in [5.74, 6) is 1.01. The summed E-state index contributed by atoms with van der Waals surface area (Å²) in [6.45, 7) is 3.30. The summed E-state index contributed by atoms with van der Waals surface area (Å²) in [6.07, 6.45) is 8.57. The van der Waals surface area contributed by atoms with E-state index in [9.17, 15) is 0 Å². The lowest BCUT2D eigenvalue weighted by atomic mass is 10.0. The van der Waals surface area contributed by atoms with Gasteiger partial charge in [-0.1, -0.05) is 25.8 Å². The molecule has 2 nitrogen and oxygen atoms in total. The van der Waals surface area contributed by atoms with E-state index < -0.39 is 0 Å². The Bertz CT molecular complexity index is 293. The van der Waals surface area contributed by atoms with Gasteiger partial charge < -0.3 is 5.32 Å². The van der Waals surface area contributed by atoms with Crippen LogP contribution in [0.5, 0.6) is 0 Å². The van der Waals surface area contributed by atoms with Gasteiger partial charge in [0.1, 0.15) is 0 Å². The maximum absolute atomic E-state index is 4.47. The summed E-state index contributed by atoms with van der Waals surface area (Å²) < 4.78 is 0. The van der Waals surface area contributed by atoms with Crippen LogP contribution < -0.4 is 5.32 Å². The molecule has 16 heavy (non-hydrogen) atoms. The topological polar surface area (TPSA) is 24.9 Å². The first-order valence-electron chi connectivity index (χ1n) is 6.54. The van der Waals surface area contributed by atoms with Gasteiger partial charge >= 0.3 is 0 Å². The summed E-state index contributed by atoms with van der Waals surface area (Å²) in [5.41, 5.74) is 1.21. The maximum atomic E-state index is 4.47. The predicted molar refractivity (Wildman–Crippen MR) is 67.2 cm³/mol. The van der Waals surface area contributed by atoms with Crippen molar-refractivity contribution in [3.63, 3.8) is 0 Å². The summed E-state index contributed by atoms with van der Waals surface area (Å²) in [4.78, 5) is 4.47. The molecule has 1 aliphatic carbocycles. The van der Waals surface area contributed by atoms with E-state index in [1.807, 2.05) is 12.3 Å². The van der Waals surface area contributed by atoms with E-state index in [-0.39, 0.29) is 0 Å². The molecule has 0 saturated heterocycles. The van der Waals surface area contributed by atoms with Crippen molar-refractivity contribution in [3.8, 4) is 0 Å². The molecule has 1 aliphatic rings. The first kappa shape index (κ1) is 11.6. The molecule has 1 atom stereocenters. The van der Waals surface area contributed by atoms with Crippen molar-refractivity contribution in [2.75, 3.05) is 6.54 Å². The van der Waals surface area contributed by atoms with Crippen LogP contribution in [-0.4, -0.2) is 11.5 Å². The van der Waals surface area contributed by atoms with Crippen LogP contribution in [0.1, 0.15) is 50.8 Å². The molecule has 0 spiro atoms. The highest BCUT2D eigenvalue weighted by Crippen LogP contribution is 2.35. The number of nitrogens with one attached hydrogen (secondary N) is 1. The second kappa shape index (κ2) is 6.00. The van der Waals surface area contributed by atoms with Gasteiger partial charge in [-0.3, -0.25) is 4.98 Å². The quantitative estimate of drug-likeness (QED) is 0.759. The molecule has 0 aromatic carbocycles. The minimum Gasteiger partial charge on any atom is -0.309 e. The lowest BCUT2D eigenvalue weighted by Crippen LogP contribution is -2.23. The van der Waals surface area contributed by atoms with Gasteiger partial charge in [-0.15, -0.1) is 0 Å². The summed E-state index contributed by atoms with van der Waals surface area (Å²) >= 11 is 0. The van der Waals surface area contributed by atoms with E-state index in [1.165, 1.54) is 37.8 Å². The molecule has 88 valence electrons. The fourth-order valence-corrected chi connectivity index (χ4v) is 2.06. The molecule has 1 saturated carbocycles. The lowest BCUT2D eigenvalue weighted by molar-refractivity contribution is 0.461. The Morgan fingerprint density at radius 2 is 2.31 bits per heavy atom. The summed E-state index contributed by atoms with van der Waals surface area (Å²) in [7, 11) is 0. The first-order valence-corrected chi connectivity index (χ1v) is 6.54. The van der Waals surface area contributed by atoms with Crippen LogP contribution in [0.2, 0.25) is 0 Å². The highest BCUT2D eigenvalue weighted by Gasteiger charge is 2.23. The van der Waals surface area contributed by atoms with E-state index >= 15 is 0 Å². The number of pyridine rings is 1. The highest BCUT2D eigenvalue weighted by atomic mass is 14.9. The second-order valence-corrected chi connectivity index (χ2v) is 4.78. The standard InChI is InChI=1S/C14H22N2/c1-2-10-15-14(9-8-12-6-7-12)13-5-3-4-11-16-13/h3-5,11-12,14-15H,2,6-10H2,1H3. The molecular weight excluding hydrogens is 196 g/mol. The summed E-state index contributed by atoms with van der Waals surface area (Å²) in [6, 6.07) is 6.67. The average Bonchev–Trinajstić information content (AvgIpc) is 3.14. The Morgan fingerprint density at radius 1 is 1.44 bits per heavy atom. The predicted octanol–water partition coefficient (Wildman–Crippen LogP) is 3.31. The van der Waals surface area contributed by atoms with Crippen molar-refractivity contribution < 1.29 is 0 Å². The van der Waals surface area contributed by atoms with E-state index in [4.69, 9.17) is 0 Å². The smallest absolute Gasteiger partial charge is 0.0573 e. The van der Waals surface area contributed by atoms with Crippen molar-refractivity contribution in [2.24, 2.45) is 5.92 Å². The van der Waals surface area contributed by atoms with Crippen LogP contribution in [-0.2, 0) is 0 Å². The third kappa shape index (κ3) is 3.60. The molecule has 1 heterocycles. The van der Waals surface area contributed by atoms with Gasteiger partial charge in [-0.25, -0.2) is 0 Å². The van der Waals surface area contributed by atoms with Gasteiger partial charge in [0.25, 0.3) is 0 Å². The molecule has 1 fully saturated rings. The Hall–Kier alpha value is -0.890. The fraction of sp³-hybridized carbons (Fsp3) is 0.643. The Morgan fingerprint density at radius 3 is 2.94 bits per heavy atom. The van der Waals surface area contributed by atoms with Crippen LogP contribution in [0.4, 0.5) is 0 Å². The normalized spacial score (nSPS) is 17.3. The lowest BCUT2D eigenvalue weighted by Gasteiger charge is -2.17. The third-order valence-electron chi connectivity index (χ3n) is 3.25. The first-order chi connectivity index (χ1) is 7.90. The van der Waals surface area contributed by atoms with Gasteiger partial charge in [0.05, 0.1) is 5.69 Å². The van der Waals surface area contributed by atoms with Crippen LogP contribution in [0.3, 0.4) is 0 Å². The molecule has 0 bridgehead atoms. The van der Waals surface area contributed by atoms with E-state index in [0.29, 0.717) is 6.04 Å². The highest BCUT2D eigenvalue weighted by molar-refractivity contribution is 5.08. The van der Waals surface area contributed by atoms with E-state index in [1.54, 1.807) is 0 Å². The fourth-order valence-electron chi connectivity index (χ4n) is 2.06. The molecule has 1 aromatic rings. The van der Waals surface area contributed by atoms with Crippen molar-refractivity contribution in [1.29, 1.82) is 0 Å². The molecule has 0 radical (unpaired) electrons. The SMILES string of the molecule is CCCNC(CCC1CC1)c1ccccn1. The minimum atomic E-state index is 0.460. The largest absolute Gasteiger partial charge is 0.309 e. The minimum absolute atomic E-state index is 0.460. The van der Waals surface area contributed by atoms with Crippen molar-refractivity contribution in [1.82, 2.24) is 10.3 Å². The monoisotopic (exact) mass is 218 g/mol. The molecule has 1 unspecified atom stereocenters. The molecular formula is C14H22N2. The zero-order chi connectivity index (χ0) is 11.2. The number of hydrogen-bond acceptors (Lipinski definition) is 2. The molecule has 2 rings (SSSR count). The molecule has 1 N–H and O–H groups in total. The van der Waals surface area contributed by atoms with E-state index in [2.05, 4.69) is 29.4 Å². The molecule has 2 heteroatoms. The average molecular weight is 218 g/mol. The molecule has 1 aromatic heterocycles. The Labute approximate surface area is 98.5 Å². The van der Waals surface area contributed by atoms with Crippen LogP contribution in [0, 0.1) is 5.92 Å². The zero-order valence-electron chi connectivity index (χ0n) is 10.2. The number of rotatable bonds is 7. The van der Waals surface area contributed by atoms with Crippen molar-refractivity contribution in [3.05, 3.63) is 30.1 Å². The zero-order valence-corrected chi connectivity index (χ0v) is 10.2. The van der Waals surface area contributed by atoms with Gasteiger partial charge in [-0.2, -0.15) is 0 Å². The number of nitrogens with zero attached hydrogens (tertiary/aromatic N) is 1. The van der Waals surface area contributed by atoms with E-state index in [0.717, 1.165) is 12.5 Å². The Kier molecular flexibility index (Phi) is 4.34. The van der Waals surface area contributed by atoms with Gasteiger partial charge in [0, 0.05) is 12.2 Å². The van der Waals surface area contributed by atoms with Gasteiger partial charge in [0.2, 0.25) is 0 Å². The molecule has 0 aliphatic heterocycles. The maximum Gasteiger partial charge on any atom is 0.0573 e. The van der Waals surface area contributed by atoms with Gasteiger partial charge in [0.15, 0.2) is 0 Å².